The van der Waals surface area contributed by atoms with Crippen molar-refractivity contribution in [3.8, 4) is 27.6 Å². The Balaban J connectivity index is 1.79. The van der Waals surface area contributed by atoms with E-state index in [4.69, 9.17) is 15.5 Å². The summed E-state index contributed by atoms with van der Waals surface area (Å²) in [7, 11) is -2.99. The minimum atomic E-state index is -4.28. The molecule has 8 nitrogen and oxygen atoms in total. The van der Waals surface area contributed by atoms with E-state index in [0.29, 0.717) is 17.0 Å². The highest BCUT2D eigenvalue weighted by Crippen LogP contribution is 2.40. The molecule has 182 valence electrons. The first kappa shape index (κ1) is 24.6. The number of nitrogens with zero attached hydrogens (tertiary/aromatic N) is 3. The molecular formula is C24H24FN5O3S2. The van der Waals surface area contributed by atoms with Gasteiger partial charge in [-0.25, -0.2) is 27.8 Å². The molecule has 2 heterocycles. The van der Waals surface area contributed by atoms with Crippen LogP contribution < -0.4 is 15.2 Å². The molecule has 0 amide bonds. The van der Waals surface area contributed by atoms with Crippen molar-refractivity contribution in [3.63, 3.8) is 0 Å². The number of ether oxygens (including phenoxy) is 1. The molecule has 2 aromatic heterocycles. The Morgan fingerprint density at radius 3 is 2.51 bits per heavy atom. The van der Waals surface area contributed by atoms with Gasteiger partial charge in [0.05, 0.1) is 28.4 Å². The molecule has 2 aromatic carbocycles. The van der Waals surface area contributed by atoms with Gasteiger partial charge in [0, 0.05) is 22.9 Å². The average Bonchev–Trinajstić information content (AvgIpc) is 3.25. The van der Waals surface area contributed by atoms with E-state index < -0.39 is 20.7 Å². The molecule has 0 radical (unpaired) electrons. The predicted molar refractivity (Wildman–Crippen MR) is 135 cm³/mol. The van der Waals surface area contributed by atoms with Crippen molar-refractivity contribution in [1.29, 1.82) is 0 Å². The van der Waals surface area contributed by atoms with Crippen LogP contribution in [0.2, 0.25) is 0 Å². The summed E-state index contributed by atoms with van der Waals surface area (Å²) >= 11 is 1.48. The number of hydrogen-bond acceptors (Lipinski definition) is 8. The second kappa shape index (κ2) is 9.23. The van der Waals surface area contributed by atoms with Crippen LogP contribution in [0.1, 0.15) is 25.8 Å². The van der Waals surface area contributed by atoms with Crippen molar-refractivity contribution in [2.75, 3.05) is 17.6 Å². The lowest BCUT2D eigenvalue weighted by Crippen LogP contribution is -2.15. The number of methoxy groups -OCH3 is 1. The molecule has 0 bridgehead atoms. The van der Waals surface area contributed by atoms with Crippen molar-refractivity contribution in [1.82, 2.24) is 15.0 Å². The van der Waals surface area contributed by atoms with Crippen molar-refractivity contribution < 1.29 is 17.5 Å². The molecule has 4 rings (SSSR count). The number of sulfonamides is 1. The van der Waals surface area contributed by atoms with Gasteiger partial charge >= 0.3 is 0 Å². The van der Waals surface area contributed by atoms with Crippen molar-refractivity contribution in [3.05, 3.63) is 65.6 Å². The summed E-state index contributed by atoms with van der Waals surface area (Å²) in [5, 5.41) is 0.877. The Hall–Kier alpha value is -3.57. The number of aromatic nitrogens is 3. The van der Waals surface area contributed by atoms with Gasteiger partial charge in [0.15, 0.2) is 4.90 Å². The van der Waals surface area contributed by atoms with Crippen LogP contribution >= 0.6 is 11.3 Å². The van der Waals surface area contributed by atoms with E-state index in [9.17, 15) is 12.8 Å². The summed E-state index contributed by atoms with van der Waals surface area (Å²) in [5.41, 5.74) is 7.72. The van der Waals surface area contributed by atoms with E-state index in [2.05, 4.69) is 35.5 Å². The van der Waals surface area contributed by atoms with Gasteiger partial charge in [-0.15, -0.1) is 11.3 Å². The van der Waals surface area contributed by atoms with Gasteiger partial charge in [0.2, 0.25) is 5.95 Å². The third kappa shape index (κ3) is 5.10. The van der Waals surface area contributed by atoms with E-state index in [1.54, 1.807) is 30.5 Å². The molecular weight excluding hydrogens is 489 g/mol. The van der Waals surface area contributed by atoms with Crippen LogP contribution in [0.15, 0.2) is 59.6 Å². The number of nitrogens with one attached hydrogen (secondary N) is 1. The maximum atomic E-state index is 14.4. The number of anilines is 2. The van der Waals surface area contributed by atoms with Crippen molar-refractivity contribution in [2.45, 2.75) is 31.1 Å². The van der Waals surface area contributed by atoms with Crippen molar-refractivity contribution >= 4 is 33.0 Å². The monoisotopic (exact) mass is 513 g/mol. The van der Waals surface area contributed by atoms with Crippen LogP contribution in [0.3, 0.4) is 0 Å². The number of nitrogen functional groups attached to an aromatic ring is 1. The molecule has 11 heteroatoms. The fourth-order valence-electron chi connectivity index (χ4n) is 3.36. The van der Waals surface area contributed by atoms with Crippen molar-refractivity contribution in [2.24, 2.45) is 0 Å². The third-order valence-corrected chi connectivity index (χ3v) is 7.93. The lowest BCUT2D eigenvalue weighted by molar-refractivity contribution is 0.395. The SMILES string of the molecule is COc1cccc(F)c1S(=O)(=O)Nc1cccc(-c2nc(C(C)(C)C)sc2-c2ccnc(N)n2)c1. The average molecular weight is 514 g/mol. The van der Waals surface area contributed by atoms with Crippen LogP contribution in [0.4, 0.5) is 16.0 Å². The van der Waals surface area contributed by atoms with E-state index in [1.165, 1.54) is 30.6 Å². The summed E-state index contributed by atoms with van der Waals surface area (Å²) in [6.45, 7) is 6.17. The highest BCUT2D eigenvalue weighted by Gasteiger charge is 2.26. The van der Waals surface area contributed by atoms with E-state index in [0.717, 1.165) is 16.0 Å². The quantitative estimate of drug-likeness (QED) is 0.368. The molecule has 0 fully saturated rings. The van der Waals surface area contributed by atoms with Gasteiger partial charge in [-0.2, -0.15) is 0 Å². The first-order chi connectivity index (χ1) is 16.5. The fraction of sp³-hybridized carbons (Fsp3) is 0.208. The molecule has 0 aliphatic carbocycles. The zero-order valence-corrected chi connectivity index (χ0v) is 21.2. The smallest absolute Gasteiger partial charge is 0.268 e. The van der Waals surface area contributed by atoms with Crippen LogP contribution in [-0.4, -0.2) is 30.5 Å². The zero-order valence-electron chi connectivity index (χ0n) is 19.5. The second-order valence-corrected chi connectivity index (χ2v) is 11.3. The number of nitrogens with two attached hydrogens (primary N) is 1. The number of halogens is 1. The van der Waals surface area contributed by atoms with Gasteiger partial charge < -0.3 is 10.5 Å². The van der Waals surface area contributed by atoms with Gasteiger partial charge in [0.1, 0.15) is 11.6 Å². The molecule has 0 aliphatic rings. The Morgan fingerprint density at radius 2 is 1.83 bits per heavy atom. The predicted octanol–water partition coefficient (Wildman–Crippen LogP) is 5.10. The van der Waals surface area contributed by atoms with E-state index in [-0.39, 0.29) is 22.8 Å². The van der Waals surface area contributed by atoms with Gasteiger partial charge in [0.25, 0.3) is 10.0 Å². The fourth-order valence-corrected chi connectivity index (χ4v) is 5.75. The maximum absolute atomic E-state index is 14.4. The summed E-state index contributed by atoms with van der Waals surface area (Å²) in [6.07, 6.45) is 1.57. The lowest BCUT2D eigenvalue weighted by atomic mass is 9.98. The Bertz CT molecular complexity index is 1500. The first-order valence-electron chi connectivity index (χ1n) is 10.6. The molecule has 35 heavy (non-hydrogen) atoms. The first-order valence-corrected chi connectivity index (χ1v) is 12.9. The van der Waals surface area contributed by atoms with E-state index in [1.807, 2.05) is 6.07 Å². The zero-order chi connectivity index (χ0) is 25.4. The van der Waals surface area contributed by atoms with Gasteiger partial charge in [-0.05, 0) is 30.3 Å². The Labute approximate surface area is 207 Å². The summed E-state index contributed by atoms with van der Waals surface area (Å²) in [5.74, 6) is -0.864. The Kier molecular flexibility index (Phi) is 6.48. The molecule has 0 aliphatic heterocycles. The number of rotatable bonds is 6. The minimum Gasteiger partial charge on any atom is -0.495 e. The standard InChI is InChI=1S/C24H24FN5O3S2/c1-24(2,3)22-29-19(20(34-22)17-11-12-27-23(26)28-17)14-7-5-8-15(13-14)30-35(31,32)21-16(25)9-6-10-18(21)33-4/h5-13,30H,1-4H3,(H2,26,27,28). The normalized spacial score (nSPS) is 11.9. The molecule has 0 saturated heterocycles. The maximum Gasteiger partial charge on any atom is 0.268 e. The Morgan fingerprint density at radius 1 is 1.09 bits per heavy atom. The molecule has 0 unspecified atom stereocenters. The summed E-state index contributed by atoms with van der Waals surface area (Å²) < 4.78 is 48.0. The molecule has 4 aromatic rings. The molecule has 3 N–H and O–H groups in total. The van der Waals surface area contributed by atoms with Crippen LogP contribution in [0.5, 0.6) is 5.75 Å². The number of hydrogen-bond donors (Lipinski definition) is 2. The molecule has 0 atom stereocenters. The second-order valence-electron chi connectivity index (χ2n) is 8.70. The third-order valence-electron chi connectivity index (χ3n) is 4.98. The highest BCUT2D eigenvalue weighted by atomic mass is 32.2. The number of thiazole rings is 1. The van der Waals surface area contributed by atoms with Crippen LogP contribution in [-0.2, 0) is 15.4 Å². The molecule has 0 saturated carbocycles. The van der Waals surface area contributed by atoms with Crippen LogP contribution in [0.25, 0.3) is 21.8 Å². The van der Waals surface area contributed by atoms with Crippen LogP contribution in [0, 0.1) is 5.82 Å². The molecule has 0 spiro atoms. The topological polar surface area (TPSA) is 120 Å². The lowest BCUT2D eigenvalue weighted by Gasteiger charge is -2.14. The van der Waals surface area contributed by atoms with E-state index >= 15 is 0 Å². The summed E-state index contributed by atoms with van der Waals surface area (Å²) in [6, 6.07) is 12.3. The highest BCUT2D eigenvalue weighted by molar-refractivity contribution is 7.92. The minimum absolute atomic E-state index is 0.0911. The summed E-state index contributed by atoms with van der Waals surface area (Å²) in [4.78, 5) is 13.4. The van der Waals surface area contributed by atoms with Gasteiger partial charge in [-0.1, -0.05) is 39.0 Å². The number of benzene rings is 2. The largest absolute Gasteiger partial charge is 0.495 e. The van der Waals surface area contributed by atoms with Gasteiger partial charge in [-0.3, -0.25) is 4.72 Å².